The molecule has 1 aliphatic heterocycles. The van der Waals surface area contributed by atoms with Crippen molar-refractivity contribution in [1.29, 1.82) is 0 Å². The van der Waals surface area contributed by atoms with Crippen LogP contribution in [0.3, 0.4) is 0 Å². The lowest BCUT2D eigenvalue weighted by atomic mass is 10.0. The highest BCUT2D eigenvalue weighted by molar-refractivity contribution is 7.93. The number of hydrogen-bond donors (Lipinski definition) is 2. The van der Waals surface area contributed by atoms with Gasteiger partial charge in [0.15, 0.2) is 0 Å². The SMILES string of the molecule is Cc1ccnc(NS(=O)(=O)c2ccc(NC(=O)CN3c4ccc(F)cc4-c4ccccc4S3(=O)=O)cc2)n1. The predicted molar refractivity (Wildman–Crippen MR) is 139 cm³/mol. The van der Waals surface area contributed by atoms with E-state index in [9.17, 15) is 26.0 Å². The summed E-state index contributed by atoms with van der Waals surface area (Å²) in [7, 11) is -8.09. The zero-order valence-corrected chi connectivity index (χ0v) is 21.4. The van der Waals surface area contributed by atoms with Crippen molar-refractivity contribution in [2.24, 2.45) is 0 Å². The lowest BCUT2D eigenvalue weighted by molar-refractivity contribution is -0.114. The van der Waals surface area contributed by atoms with E-state index in [0.717, 1.165) is 10.4 Å². The Morgan fingerprint density at radius 3 is 2.47 bits per heavy atom. The molecule has 4 aromatic rings. The van der Waals surface area contributed by atoms with Crippen molar-refractivity contribution < 1.29 is 26.0 Å². The van der Waals surface area contributed by atoms with Crippen LogP contribution in [0.25, 0.3) is 11.1 Å². The number of aromatic nitrogens is 2. The Kier molecular flexibility index (Phi) is 6.33. The normalized spacial score (nSPS) is 13.8. The molecule has 1 aromatic heterocycles. The molecule has 38 heavy (non-hydrogen) atoms. The summed E-state index contributed by atoms with van der Waals surface area (Å²) in [5.74, 6) is -1.29. The minimum Gasteiger partial charge on any atom is -0.325 e. The summed E-state index contributed by atoms with van der Waals surface area (Å²) in [6, 6.07) is 16.8. The van der Waals surface area contributed by atoms with Gasteiger partial charge >= 0.3 is 0 Å². The summed E-state index contributed by atoms with van der Waals surface area (Å²) < 4.78 is 69.2. The van der Waals surface area contributed by atoms with Crippen molar-refractivity contribution in [3.63, 3.8) is 0 Å². The van der Waals surface area contributed by atoms with Gasteiger partial charge in [0, 0.05) is 28.7 Å². The Morgan fingerprint density at radius 2 is 1.74 bits per heavy atom. The fourth-order valence-electron chi connectivity index (χ4n) is 4.00. The number of nitrogens with one attached hydrogen (secondary N) is 2. The molecular weight excluding hydrogens is 533 g/mol. The molecule has 2 N–H and O–H groups in total. The second kappa shape index (κ2) is 9.50. The minimum atomic E-state index is -4.10. The molecule has 0 radical (unpaired) electrons. The van der Waals surface area contributed by atoms with Gasteiger partial charge < -0.3 is 5.32 Å². The molecule has 0 fully saturated rings. The quantitative estimate of drug-likeness (QED) is 0.372. The predicted octanol–water partition coefficient (Wildman–Crippen LogP) is 3.54. The van der Waals surface area contributed by atoms with E-state index in [-0.39, 0.29) is 27.1 Å². The Labute approximate surface area is 218 Å². The smallest absolute Gasteiger partial charge is 0.265 e. The van der Waals surface area contributed by atoms with E-state index < -0.39 is 38.3 Å². The first-order valence-corrected chi connectivity index (χ1v) is 14.1. The topological polar surface area (TPSA) is 138 Å². The van der Waals surface area contributed by atoms with Crippen LogP contribution >= 0.6 is 0 Å². The summed E-state index contributed by atoms with van der Waals surface area (Å²) in [5, 5.41) is 2.57. The van der Waals surface area contributed by atoms with Crippen LogP contribution in [0.1, 0.15) is 5.69 Å². The summed E-state index contributed by atoms with van der Waals surface area (Å²) in [6.45, 7) is 1.11. The lowest BCUT2D eigenvalue weighted by Crippen LogP contribution is -2.40. The van der Waals surface area contributed by atoms with Gasteiger partial charge in [0.05, 0.1) is 15.5 Å². The number of halogens is 1. The Morgan fingerprint density at radius 1 is 1.00 bits per heavy atom. The van der Waals surface area contributed by atoms with E-state index in [1.807, 2.05) is 0 Å². The number of sulfonamides is 2. The number of amides is 1. The maximum Gasteiger partial charge on any atom is 0.265 e. The molecule has 0 bridgehead atoms. The summed E-state index contributed by atoms with van der Waals surface area (Å²) >= 11 is 0. The van der Waals surface area contributed by atoms with Gasteiger partial charge in [-0.15, -0.1) is 0 Å². The minimum absolute atomic E-state index is 0.0365. The van der Waals surface area contributed by atoms with Crippen molar-refractivity contribution in [3.05, 3.63) is 90.5 Å². The van der Waals surface area contributed by atoms with Crippen molar-refractivity contribution in [2.45, 2.75) is 16.7 Å². The van der Waals surface area contributed by atoms with Crippen LogP contribution in [0.5, 0.6) is 0 Å². The summed E-state index contributed by atoms with van der Waals surface area (Å²) in [4.78, 5) is 20.6. The van der Waals surface area contributed by atoms with Crippen LogP contribution in [0.15, 0.2) is 88.8 Å². The first kappa shape index (κ1) is 25.3. The molecule has 0 spiro atoms. The van der Waals surface area contributed by atoms with Crippen molar-refractivity contribution in [2.75, 3.05) is 20.9 Å². The third kappa shape index (κ3) is 4.80. The number of rotatable bonds is 6. The van der Waals surface area contributed by atoms with Gasteiger partial charge in [-0.3, -0.25) is 9.10 Å². The monoisotopic (exact) mass is 553 g/mol. The van der Waals surface area contributed by atoms with Gasteiger partial charge in [0.2, 0.25) is 11.9 Å². The standard InChI is InChI=1S/C25H20FN5O5S2/c1-16-12-13-27-25(28-16)30-37(33,34)19-9-7-18(8-10-19)29-24(32)15-31-22-11-6-17(26)14-21(22)20-4-2-3-5-23(20)38(31,35)36/h2-14H,15H2,1H3,(H,29,32)(H,27,28,30). The average molecular weight is 554 g/mol. The van der Waals surface area contributed by atoms with Gasteiger partial charge in [-0.25, -0.2) is 35.9 Å². The molecular formula is C25H20FN5O5S2. The molecule has 3 aromatic carbocycles. The van der Waals surface area contributed by atoms with Gasteiger partial charge in [-0.1, -0.05) is 18.2 Å². The highest BCUT2D eigenvalue weighted by Crippen LogP contribution is 2.43. The molecule has 13 heteroatoms. The van der Waals surface area contributed by atoms with Crippen LogP contribution in [0, 0.1) is 12.7 Å². The first-order valence-electron chi connectivity index (χ1n) is 11.2. The number of fused-ring (bicyclic) bond motifs is 3. The highest BCUT2D eigenvalue weighted by atomic mass is 32.2. The molecule has 1 amide bonds. The second-order valence-corrected chi connectivity index (χ2v) is 11.9. The molecule has 1 aliphatic rings. The molecule has 194 valence electrons. The van der Waals surface area contributed by atoms with Gasteiger partial charge in [0.1, 0.15) is 12.4 Å². The molecule has 0 saturated heterocycles. The van der Waals surface area contributed by atoms with Crippen molar-refractivity contribution in [1.82, 2.24) is 9.97 Å². The number of nitrogens with zero attached hydrogens (tertiary/aromatic N) is 3. The summed E-state index contributed by atoms with van der Waals surface area (Å²) in [5.41, 5.74) is 1.70. The first-order chi connectivity index (χ1) is 18.0. The Bertz CT molecular complexity index is 1780. The molecule has 0 unspecified atom stereocenters. The number of hydrogen-bond acceptors (Lipinski definition) is 7. The largest absolute Gasteiger partial charge is 0.325 e. The van der Waals surface area contributed by atoms with E-state index in [0.29, 0.717) is 16.8 Å². The number of carbonyl (C=O) groups excluding carboxylic acids is 1. The van der Waals surface area contributed by atoms with Crippen LogP contribution < -0.4 is 14.3 Å². The van der Waals surface area contributed by atoms with Gasteiger partial charge in [0.25, 0.3) is 20.0 Å². The van der Waals surface area contributed by atoms with E-state index in [2.05, 4.69) is 20.0 Å². The fraction of sp³-hybridized carbons (Fsp3) is 0.0800. The molecule has 2 heterocycles. The third-order valence-corrected chi connectivity index (χ3v) is 8.89. The number of carbonyl (C=O) groups is 1. The average Bonchev–Trinajstić information content (AvgIpc) is 2.87. The zero-order valence-electron chi connectivity index (χ0n) is 19.8. The zero-order chi connectivity index (χ0) is 27.1. The maximum absolute atomic E-state index is 14.0. The van der Waals surface area contributed by atoms with E-state index in [1.165, 1.54) is 48.7 Å². The van der Waals surface area contributed by atoms with Crippen LogP contribution in [0.4, 0.5) is 21.7 Å². The van der Waals surface area contributed by atoms with Crippen LogP contribution in [0.2, 0.25) is 0 Å². The Balaban J connectivity index is 1.35. The number of aryl methyl sites for hydroxylation is 1. The molecule has 0 atom stereocenters. The lowest BCUT2D eigenvalue weighted by Gasteiger charge is -2.31. The van der Waals surface area contributed by atoms with Crippen molar-refractivity contribution >= 4 is 43.3 Å². The second-order valence-electron chi connectivity index (χ2n) is 8.37. The van der Waals surface area contributed by atoms with Crippen LogP contribution in [-0.2, 0) is 24.8 Å². The molecule has 0 saturated carbocycles. The van der Waals surface area contributed by atoms with Gasteiger partial charge in [-0.05, 0) is 61.5 Å². The maximum atomic E-state index is 14.0. The molecule has 0 aliphatic carbocycles. The third-order valence-electron chi connectivity index (χ3n) is 5.73. The summed E-state index contributed by atoms with van der Waals surface area (Å²) in [6.07, 6.45) is 1.43. The number of anilines is 3. The van der Waals surface area contributed by atoms with Crippen LogP contribution in [-0.4, -0.2) is 39.3 Å². The number of benzene rings is 3. The highest BCUT2D eigenvalue weighted by Gasteiger charge is 2.36. The fourth-order valence-corrected chi connectivity index (χ4v) is 6.60. The Hall–Kier alpha value is -4.36. The molecule has 10 nitrogen and oxygen atoms in total. The van der Waals surface area contributed by atoms with E-state index >= 15 is 0 Å². The molecule has 5 rings (SSSR count). The van der Waals surface area contributed by atoms with E-state index in [1.54, 1.807) is 31.2 Å². The van der Waals surface area contributed by atoms with Gasteiger partial charge in [-0.2, -0.15) is 0 Å². The van der Waals surface area contributed by atoms with Crippen molar-refractivity contribution in [3.8, 4) is 11.1 Å². The van der Waals surface area contributed by atoms with E-state index in [4.69, 9.17) is 0 Å².